The van der Waals surface area contributed by atoms with Crippen LogP contribution in [0, 0.1) is 0 Å². The van der Waals surface area contributed by atoms with Gasteiger partial charge < -0.3 is 14.6 Å². The Hall–Kier alpha value is -1.69. The van der Waals surface area contributed by atoms with Gasteiger partial charge in [0.15, 0.2) is 0 Å². The Kier molecular flexibility index (Phi) is 4.87. The molecule has 0 bridgehead atoms. The zero-order chi connectivity index (χ0) is 15.4. The molecule has 5 heteroatoms. The minimum atomic E-state index is 0.257. The lowest BCUT2D eigenvalue weighted by Crippen LogP contribution is -2.51. The van der Waals surface area contributed by atoms with Crippen LogP contribution in [0.25, 0.3) is 5.82 Å². The maximum Gasteiger partial charge on any atom is 0.136 e. The summed E-state index contributed by atoms with van der Waals surface area (Å²) >= 11 is 0. The molecule has 3 rings (SSSR count). The number of aliphatic hydroxyl groups excluding tert-OH is 1. The van der Waals surface area contributed by atoms with Crippen molar-refractivity contribution in [1.29, 1.82) is 0 Å². The molecule has 118 valence electrons. The Morgan fingerprint density at radius 2 is 2.14 bits per heavy atom. The van der Waals surface area contributed by atoms with Gasteiger partial charge in [-0.15, -0.1) is 0 Å². The number of hydrogen-bond donors (Lipinski definition) is 1. The van der Waals surface area contributed by atoms with Gasteiger partial charge in [-0.05, 0) is 37.7 Å². The molecule has 22 heavy (non-hydrogen) atoms. The summed E-state index contributed by atoms with van der Waals surface area (Å²) in [6.45, 7) is 4.29. The van der Waals surface area contributed by atoms with Gasteiger partial charge in [-0.3, -0.25) is 4.90 Å². The van der Waals surface area contributed by atoms with Crippen LogP contribution in [0.1, 0.15) is 12.1 Å². The SMILES string of the molecule is CN1CCN(Cc2cccn2-c2ccccn2)CC1CCO. The minimum absolute atomic E-state index is 0.257. The van der Waals surface area contributed by atoms with E-state index in [-0.39, 0.29) is 6.61 Å². The van der Waals surface area contributed by atoms with E-state index in [0.717, 1.165) is 38.4 Å². The van der Waals surface area contributed by atoms with Crippen LogP contribution >= 0.6 is 0 Å². The van der Waals surface area contributed by atoms with Crippen molar-refractivity contribution >= 4 is 0 Å². The average molecular weight is 300 g/mol. The smallest absolute Gasteiger partial charge is 0.136 e. The van der Waals surface area contributed by atoms with E-state index in [4.69, 9.17) is 0 Å². The highest BCUT2D eigenvalue weighted by atomic mass is 16.3. The zero-order valence-corrected chi connectivity index (χ0v) is 13.1. The van der Waals surface area contributed by atoms with Crippen LogP contribution in [0.4, 0.5) is 0 Å². The van der Waals surface area contributed by atoms with Crippen molar-refractivity contribution in [3.8, 4) is 5.82 Å². The average Bonchev–Trinajstić information content (AvgIpc) is 3.00. The summed E-state index contributed by atoms with van der Waals surface area (Å²) in [7, 11) is 2.15. The Bertz CT molecular complexity index is 583. The molecule has 0 spiro atoms. The molecule has 2 aromatic rings. The van der Waals surface area contributed by atoms with E-state index >= 15 is 0 Å². The number of aromatic nitrogens is 2. The zero-order valence-electron chi connectivity index (χ0n) is 13.1. The molecule has 5 nitrogen and oxygen atoms in total. The monoisotopic (exact) mass is 300 g/mol. The number of likely N-dealkylation sites (N-methyl/N-ethyl adjacent to an activating group) is 1. The van der Waals surface area contributed by atoms with Crippen LogP contribution in [-0.2, 0) is 6.54 Å². The molecule has 0 radical (unpaired) electrons. The fraction of sp³-hybridized carbons (Fsp3) is 0.471. The largest absolute Gasteiger partial charge is 0.396 e. The van der Waals surface area contributed by atoms with Gasteiger partial charge in [-0.1, -0.05) is 6.07 Å². The number of aliphatic hydroxyl groups is 1. The first-order valence-corrected chi connectivity index (χ1v) is 7.89. The van der Waals surface area contributed by atoms with E-state index < -0.39 is 0 Å². The Morgan fingerprint density at radius 1 is 1.23 bits per heavy atom. The highest BCUT2D eigenvalue weighted by molar-refractivity contribution is 5.27. The predicted molar refractivity (Wildman–Crippen MR) is 87.0 cm³/mol. The van der Waals surface area contributed by atoms with Gasteiger partial charge in [0, 0.05) is 56.9 Å². The van der Waals surface area contributed by atoms with Gasteiger partial charge >= 0.3 is 0 Å². The van der Waals surface area contributed by atoms with Gasteiger partial charge in [-0.25, -0.2) is 4.98 Å². The maximum atomic E-state index is 9.21. The Morgan fingerprint density at radius 3 is 2.91 bits per heavy atom. The molecule has 1 aliphatic rings. The van der Waals surface area contributed by atoms with E-state index in [2.05, 4.69) is 44.7 Å². The lowest BCUT2D eigenvalue weighted by Gasteiger charge is -2.39. The van der Waals surface area contributed by atoms with Gasteiger partial charge in [0.1, 0.15) is 5.82 Å². The molecule has 0 aliphatic carbocycles. The summed E-state index contributed by atoms with van der Waals surface area (Å²) in [6.07, 6.45) is 4.74. The quantitative estimate of drug-likeness (QED) is 0.906. The molecule has 1 aliphatic heterocycles. The summed E-state index contributed by atoms with van der Waals surface area (Å²) < 4.78 is 2.15. The van der Waals surface area contributed by atoms with Crippen molar-refractivity contribution in [1.82, 2.24) is 19.4 Å². The van der Waals surface area contributed by atoms with Crippen molar-refractivity contribution in [2.24, 2.45) is 0 Å². The second-order valence-corrected chi connectivity index (χ2v) is 5.94. The maximum absolute atomic E-state index is 9.21. The van der Waals surface area contributed by atoms with Crippen molar-refractivity contribution in [3.05, 3.63) is 48.4 Å². The van der Waals surface area contributed by atoms with Crippen LogP contribution in [0.3, 0.4) is 0 Å². The second kappa shape index (κ2) is 7.05. The Labute approximate surface area is 131 Å². The van der Waals surface area contributed by atoms with Crippen LogP contribution in [0.5, 0.6) is 0 Å². The van der Waals surface area contributed by atoms with Crippen molar-refractivity contribution in [2.75, 3.05) is 33.3 Å². The first-order valence-electron chi connectivity index (χ1n) is 7.89. The van der Waals surface area contributed by atoms with Crippen molar-refractivity contribution in [2.45, 2.75) is 19.0 Å². The van der Waals surface area contributed by atoms with Crippen LogP contribution in [0.2, 0.25) is 0 Å². The highest BCUT2D eigenvalue weighted by Gasteiger charge is 2.24. The van der Waals surface area contributed by atoms with Crippen LogP contribution in [-0.4, -0.2) is 63.8 Å². The molecule has 2 aromatic heterocycles. The first-order chi connectivity index (χ1) is 10.8. The summed E-state index contributed by atoms with van der Waals surface area (Å²) in [5.41, 5.74) is 1.26. The number of nitrogens with zero attached hydrogens (tertiary/aromatic N) is 4. The van der Waals surface area contributed by atoms with Crippen LogP contribution in [0.15, 0.2) is 42.7 Å². The third kappa shape index (κ3) is 3.38. The van der Waals surface area contributed by atoms with E-state index in [1.165, 1.54) is 5.69 Å². The molecular weight excluding hydrogens is 276 g/mol. The van der Waals surface area contributed by atoms with E-state index in [1.54, 1.807) is 0 Å². The van der Waals surface area contributed by atoms with Gasteiger partial charge in [-0.2, -0.15) is 0 Å². The van der Waals surface area contributed by atoms with E-state index in [0.29, 0.717) is 6.04 Å². The number of hydrogen-bond acceptors (Lipinski definition) is 4. The molecule has 3 heterocycles. The van der Waals surface area contributed by atoms with E-state index in [9.17, 15) is 5.11 Å². The normalized spacial score (nSPS) is 20.4. The summed E-state index contributed by atoms with van der Waals surface area (Å²) in [6, 6.07) is 10.7. The number of pyridine rings is 1. The number of rotatable bonds is 5. The number of piperazine rings is 1. The summed E-state index contributed by atoms with van der Waals surface area (Å²) in [5.74, 6) is 0.962. The second-order valence-electron chi connectivity index (χ2n) is 5.94. The fourth-order valence-electron chi connectivity index (χ4n) is 3.11. The standard InChI is InChI=1S/C17H24N4O/c1-19-10-11-20(13-15(19)7-12-22)14-16-5-4-9-21(16)17-6-2-3-8-18-17/h2-6,8-9,15,22H,7,10-14H2,1H3. The molecule has 1 unspecified atom stereocenters. The molecule has 0 amide bonds. The molecular formula is C17H24N4O. The molecule has 1 saturated heterocycles. The topological polar surface area (TPSA) is 44.5 Å². The van der Waals surface area contributed by atoms with E-state index in [1.807, 2.05) is 24.4 Å². The fourth-order valence-corrected chi connectivity index (χ4v) is 3.11. The predicted octanol–water partition coefficient (Wildman–Crippen LogP) is 1.37. The van der Waals surface area contributed by atoms with Gasteiger partial charge in [0.25, 0.3) is 0 Å². The molecule has 1 fully saturated rings. The minimum Gasteiger partial charge on any atom is -0.396 e. The first kappa shape index (κ1) is 15.2. The summed E-state index contributed by atoms with van der Waals surface area (Å²) in [5, 5.41) is 9.21. The molecule has 0 saturated carbocycles. The highest BCUT2D eigenvalue weighted by Crippen LogP contribution is 2.16. The summed E-state index contributed by atoms with van der Waals surface area (Å²) in [4.78, 5) is 9.25. The molecule has 1 atom stereocenters. The molecule has 1 N–H and O–H groups in total. The van der Waals surface area contributed by atoms with Gasteiger partial charge in [0.2, 0.25) is 0 Å². The Balaban J connectivity index is 1.70. The lowest BCUT2D eigenvalue weighted by molar-refractivity contribution is 0.0733. The van der Waals surface area contributed by atoms with Gasteiger partial charge in [0.05, 0.1) is 0 Å². The lowest BCUT2D eigenvalue weighted by atomic mass is 10.1. The van der Waals surface area contributed by atoms with Crippen molar-refractivity contribution < 1.29 is 5.11 Å². The third-order valence-electron chi connectivity index (χ3n) is 4.44. The van der Waals surface area contributed by atoms with Crippen LogP contribution < -0.4 is 0 Å². The molecule has 0 aromatic carbocycles. The van der Waals surface area contributed by atoms with Crippen molar-refractivity contribution in [3.63, 3.8) is 0 Å². The third-order valence-corrected chi connectivity index (χ3v) is 4.44.